The van der Waals surface area contributed by atoms with Crippen LogP contribution in [0.25, 0.3) is 21.7 Å². The van der Waals surface area contributed by atoms with E-state index in [1.807, 2.05) is 66.0 Å². The standard InChI is InChI=1S/C22H16N4O3S/c27-20(13-17-15-7-2-4-9-18(15)28-25-17)23-16-8-3-1-6-14(16)12-21-24-22(26-29-21)19-10-5-11-30-19/h1-11H,12-13H2,(H,23,27). The monoisotopic (exact) mass is 416 g/mol. The smallest absolute Gasteiger partial charge is 0.231 e. The molecule has 1 amide bonds. The fourth-order valence-electron chi connectivity index (χ4n) is 3.20. The second-order valence-corrected chi connectivity index (χ2v) is 7.62. The number of para-hydroxylation sites is 2. The van der Waals surface area contributed by atoms with Crippen molar-refractivity contribution in [3.05, 3.63) is 83.2 Å². The van der Waals surface area contributed by atoms with Gasteiger partial charge in [0.2, 0.25) is 17.6 Å². The predicted molar refractivity (Wildman–Crippen MR) is 113 cm³/mol. The Morgan fingerprint density at radius 3 is 2.73 bits per heavy atom. The third-order valence-electron chi connectivity index (χ3n) is 4.62. The number of fused-ring (bicyclic) bond motifs is 1. The maximum Gasteiger partial charge on any atom is 0.231 e. The van der Waals surface area contributed by atoms with Crippen LogP contribution in [0.4, 0.5) is 5.69 Å². The van der Waals surface area contributed by atoms with Crippen molar-refractivity contribution < 1.29 is 13.8 Å². The van der Waals surface area contributed by atoms with E-state index in [9.17, 15) is 4.79 Å². The molecule has 5 aromatic rings. The maximum atomic E-state index is 12.6. The van der Waals surface area contributed by atoms with E-state index in [4.69, 9.17) is 9.05 Å². The van der Waals surface area contributed by atoms with Crippen LogP contribution < -0.4 is 5.32 Å². The minimum atomic E-state index is -0.175. The number of hydrogen-bond donors (Lipinski definition) is 1. The van der Waals surface area contributed by atoms with E-state index >= 15 is 0 Å². The van der Waals surface area contributed by atoms with Crippen LogP contribution in [0.15, 0.2) is 75.1 Å². The first-order valence-corrected chi connectivity index (χ1v) is 10.2. The SMILES string of the molecule is O=C(Cc1noc2ccccc12)Nc1ccccc1Cc1nc(-c2cccs2)no1. The van der Waals surface area contributed by atoms with Crippen LogP contribution in [0.2, 0.25) is 0 Å². The molecule has 2 aromatic carbocycles. The third-order valence-corrected chi connectivity index (χ3v) is 5.49. The summed E-state index contributed by atoms with van der Waals surface area (Å²) in [6.07, 6.45) is 0.538. The average molecular weight is 416 g/mol. The van der Waals surface area contributed by atoms with Gasteiger partial charge < -0.3 is 14.4 Å². The molecule has 0 radical (unpaired) electrons. The van der Waals surface area contributed by atoms with E-state index in [2.05, 4.69) is 20.6 Å². The van der Waals surface area contributed by atoms with Gasteiger partial charge in [-0.25, -0.2) is 0 Å². The molecule has 0 saturated carbocycles. The highest BCUT2D eigenvalue weighted by atomic mass is 32.1. The van der Waals surface area contributed by atoms with E-state index in [-0.39, 0.29) is 12.3 Å². The third kappa shape index (κ3) is 3.72. The highest BCUT2D eigenvalue weighted by Crippen LogP contribution is 2.24. The predicted octanol–water partition coefficient (Wildman–Crippen LogP) is 4.71. The fraction of sp³-hybridized carbons (Fsp3) is 0.0909. The molecule has 0 atom stereocenters. The summed E-state index contributed by atoms with van der Waals surface area (Å²) in [7, 11) is 0. The van der Waals surface area contributed by atoms with Crippen molar-refractivity contribution in [2.45, 2.75) is 12.8 Å². The van der Waals surface area contributed by atoms with Gasteiger partial charge in [0.1, 0.15) is 5.69 Å². The van der Waals surface area contributed by atoms with Gasteiger partial charge in [0.25, 0.3) is 0 Å². The molecule has 0 fully saturated rings. The molecule has 0 saturated heterocycles. The van der Waals surface area contributed by atoms with Gasteiger partial charge in [-0.3, -0.25) is 4.79 Å². The summed E-state index contributed by atoms with van der Waals surface area (Å²) >= 11 is 1.55. The Bertz CT molecular complexity index is 1310. The van der Waals surface area contributed by atoms with Crippen molar-refractivity contribution in [3.8, 4) is 10.7 Å². The molecule has 3 aromatic heterocycles. The number of carbonyl (C=O) groups excluding carboxylic acids is 1. The van der Waals surface area contributed by atoms with Gasteiger partial charge in [-0.1, -0.05) is 46.7 Å². The number of carbonyl (C=O) groups is 1. The van der Waals surface area contributed by atoms with Crippen LogP contribution in [0.5, 0.6) is 0 Å². The lowest BCUT2D eigenvalue weighted by Gasteiger charge is -2.09. The Balaban J connectivity index is 1.32. The number of rotatable bonds is 6. The molecule has 0 aliphatic rings. The largest absolute Gasteiger partial charge is 0.356 e. The fourth-order valence-corrected chi connectivity index (χ4v) is 3.85. The molecule has 1 N–H and O–H groups in total. The highest BCUT2D eigenvalue weighted by molar-refractivity contribution is 7.13. The van der Waals surface area contributed by atoms with Gasteiger partial charge in [0.15, 0.2) is 5.58 Å². The van der Waals surface area contributed by atoms with Gasteiger partial charge >= 0.3 is 0 Å². The summed E-state index contributed by atoms with van der Waals surface area (Å²) in [4.78, 5) is 18.1. The van der Waals surface area contributed by atoms with Gasteiger partial charge in [-0.2, -0.15) is 4.98 Å². The van der Waals surface area contributed by atoms with Crippen molar-refractivity contribution in [1.29, 1.82) is 0 Å². The summed E-state index contributed by atoms with van der Waals surface area (Å²) in [5.41, 5.74) is 2.86. The van der Waals surface area contributed by atoms with E-state index in [1.54, 1.807) is 11.3 Å². The molecule has 8 heteroatoms. The second-order valence-electron chi connectivity index (χ2n) is 6.67. The van der Waals surface area contributed by atoms with Crippen molar-refractivity contribution in [1.82, 2.24) is 15.3 Å². The number of aromatic nitrogens is 3. The minimum absolute atomic E-state index is 0.119. The van der Waals surface area contributed by atoms with Crippen LogP contribution in [0.1, 0.15) is 17.1 Å². The summed E-state index contributed by atoms with van der Waals surface area (Å²) in [5, 5.41) is 13.8. The zero-order valence-corrected chi connectivity index (χ0v) is 16.6. The van der Waals surface area contributed by atoms with E-state index in [0.29, 0.717) is 35.1 Å². The molecule has 0 aliphatic carbocycles. The van der Waals surface area contributed by atoms with Crippen molar-refractivity contribution in [3.63, 3.8) is 0 Å². The molecule has 0 bridgehead atoms. The van der Waals surface area contributed by atoms with Crippen LogP contribution in [-0.4, -0.2) is 21.2 Å². The zero-order valence-electron chi connectivity index (χ0n) is 15.7. The molecule has 0 unspecified atom stereocenters. The molecule has 0 aliphatic heterocycles. The maximum absolute atomic E-state index is 12.6. The quantitative estimate of drug-likeness (QED) is 0.431. The van der Waals surface area contributed by atoms with E-state index < -0.39 is 0 Å². The summed E-state index contributed by atoms with van der Waals surface area (Å²) in [6.45, 7) is 0. The van der Waals surface area contributed by atoms with Crippen molar-refractivity contribution in [2.75, 3.05) is 5.32 Å². The first-order valence-electron chi connectivity index (χ1n) is 9.34. The topological polar surface area (TPSA) is 94.1 Å². The number of anilines is 1. The second kappa shape index (κ2) is 7.92. The van der Waals surface area contributed by atoms with Gasteiger partial charge in [0, 0.05) is 11.1 Å². The zero-order chi connectivity index (χ0) is 20.3. The molecule has 148 valence electrons. The summed E-state index contributed by atoms with van der Waals surface area (Å²) in [6, 6.07) is 18.9. The summed E-state index contributed by atoms with van der Waals surface area (Å²) < 4.78 is 10.7. The molecular formula is C22H16N4O3S. The van der Waals surface area contributed by atoms with Crippen LogP contribution in [-0.2, 0) is 17.6 Å². The number of nitrogens with one attached hydrogen (secondary N) is 1. The lowest BCUT2D eigenvalue weighted by molar-refractivity contribution is -0.115. The molecule has 5 rings (SSSR count). The molecule has 3 heterocycles. The Morgan fingerprint density at radius 1 is 0.967 bits per heavy atom. The van der Waals surface area contributed by atoms with Crippen molar-refractivity contribution in [2.24, 2.45) is 0 Å². The van der Waals surface area contributed by atoms with Gasteiger partial charge in [0.05, 0.1) is 17.7 Å². The van der Waals surface area contributed by atoms with Gasteiger partial charge in [-0.05, 0) is 35.2 Å². The molecule has 0 spiro atoms. The van der Waals surface area contributed by atoms with Crippen molar-refractivity contribution >= 4 is 33.9 Å². The normalized spacial score (nSPS) is 11.1. The minimum Gasteiger partial charge on any atom is -0.356 e. The Morgan fingerprint density at radius 2 is 1.83 bits per heavy atom. The van der Waals surface area contributed by atoms with E-state index in [1.165, 1.54) is 0 Å². The number of hydrogen-bond acceptors (Lipinski definition) is 7. The Hall–Kier alpha value is -3.78. The molecule has 30 heavy (non-hydrogen) atoms. The Kier molecular flexibility index (Phi) is 4.82. The number of benzene rings is 2. The van der Waals surface area contributed by atoms with Crippen LogP contribution in [0, 0.1) is 0 Å². The first kappa shape index (κ1) is 18.3. The average Bonchev–Trinajstić information content (AvgIpc) is 3.51. The first-order chi connectivity index (χ1) is 14.8. The highest BCUT2D eigenvalue weighted by Gasteiger charge is 2.15. The van der Waals surface area contributed by atoms with Crippen LogP contribution >= 0.6 is 11.3 Å². The Labute approximate surface area is 175 Å². The molecular weight excluding hydrogens is 400 g/mol. The lowest BCUT2D eigenvalue weighted by Crippen LogP contribution is -2.16. The van der Waals surface area contributed by atoms with E-state index in [0.717, 1.165) is 15.8 Å². The number of thiophene rings is 1. The number of nitrogens with zero attached hydrogens (tertiary/aromatic N) is 3. The summed E-state index contributed by atoms with van der Waals surface area (Å²) in [5.74, 6) is 0.883. The molecule has 7 nitrogen and oxygen atoms in total. The number of amides is 1. The van der Waals surface area contributed by atoms with Crippen LogP contribution in [0.3, 0.4) is 0 Å². The lowest BCUT2D eigenvalue weighted by atomic mass is 10.1. The van der Waals surface area contributed by atoms with Gasteiger partial charge in [-0.15, -0.1) is 11.3 Å².